The summed E-state index contributed by atoms with van der Waals surface area (Å²) in [6.45, 7) is 3.09. The first-order valence-electron chi connectivity index (χ1n) is 8.67. The zero-order chi connectivity index (χ0) is 18.2. The van der Waals surface area contributed by atoms with Gasteiger partial charge in [0, 0.05) is 25.1 Å². The molecule has 6 heteroatoms. The zero-order valence-electron chi connectivity index (χ0n) is 14.7. The maximum absolute atomic E-state index is 11.9. The van der Waals surface area contributed by atoms with Gasteiger partial charge in [0.05, 0.1) is 0 Å². The van der Waals surface area contributed by atoms with E-state index in [0.717, 1.165) is 5.56 Å². The summed E-state index contributed by atoms with van der Waals surface area (Å²) in [4.78, 5) is 16.2. The first-order chi connectivity index (χ1) is 12.7. The lowest BCUT2D eigenvalue weighted by molar-refractivity contribution is 0.240. The van der Waals surface area contributed by atoms with E-state index in [1.54, 1.807) is 0 Å². The number of hydrogen-bond acceptors (Lipinski definition) is 4. The predicted octanol–water partition coefficient (Wildman–Crippen LogP) is 3.38. The molecule has 3 aromatic rings. The molecule has 0 aliphatic carbocycles. The summed E-state index contributed by atoms with van der Waals surface area (Å²) in [5.41, 5.74) is 2.11. The summed E-state index contributed by atoms with van der Waals surface area (Å²) < 4.78 is 5.22. The van der Waals surface area contributed by atoms with Crippen molar-refractivity contribution in [3.8, 4) is 11.4 Å². The quantitative estimate of drug-likeness (QED) is 0.684. The average molecular weight is 350 g/mol. The van der Waals surface area contributed by atoms with Crippen molar-refractivity contribution in [2.75, 3.05) is 13.1 Å². The van der Waals surface area contributed by atoms with E-state index in [0.29, 0.717) is 31.2 Å². The lowest BCUT2D eigenvalue weighted by atomic mass is 10.0. The highest BCUT2D eigenvalue weighted by molar-refractivity contribution is 5.73. The first-order valence-corrected chi connectivity index (χ1v) is 8.67. The van der Waals surface area contributed by atoms with Crippen molar-refractivity contribution in [1.29, 1.82) is 0 Å². The molecular formula is C20H22N4O2. The topological polar surface area (TPSA) is 80.0 Å². The fourth-order valence-corrected chi connectivity index (χ4v) is 2.55. The zero-order valence-corrected chi connectivity index (χ0v) is 14.7. The summed E-state index contributed by atoms with van der Waals surface area (Å²) in [5.74, 6) is 1.31. The number of carbonyl (C=O) groups excluding carboxylic acids is 1. The van der Waals surface area contributed by atoms with Crippen LogP contribution in [0.5, 0.6) is 0 Å². The van der Waals surface area contributed by atoms with Crippen LogP contribution in [-0.4, -0.2) is 29.3 Å². The summed E-state index contributed by atoms with van der Waals surface area (Å²) >= 11 is 0. The lowest BCUT2D eigenvalue weighted by Crippen LogP contribution is -2.38. The summed E-state index contributed by atoms with van der Waals surface area (Å²) in [7, 11) is 0. The number of urea groups is 1. The third-order valence-electron chi connectivity index (χ3n) is 4.06. The fraction of sp³-hybridized carbons (Fsp3) is 0.250. The van der Waals surface area contributed by atoms with Gasteiger partial charge in [0.1, 0.15) is 0 Å². The highest BCUT2D eigenvalue weighted by Crippen LogP contribution is 2.15. The SMILES string of the molecule is C[C@H](CNC(=O)NCCc1nc(-c2ccccc2)no1)c1ccccc1. The van der Waals surface area contributed by atoms with E-state index >= 15 is 0 Å². The molecule has 3 rings (SSSR count). The monoisotopic (exact) mass is 350 g/mol. The molecule has 0 saturated carbocycles. The largest absolute Gasteiger partial charge is 0.339 e. The summed E-state index contributed by atoms with van der Waals surface area (Å²) in [5, 5.41) is 9.65. The number of benzene rings is 2. The normalized spacial score (nSPS) is 11.7. The molecule has 6 nitrogen and oxygen atoms in total. The van der Waals surface area contributed by atoms with Crippen molar-refractivity contribution in [1.82, 2.24) is 20.8 Å². The minimum absolute atomic E-state index is 0.199. The van der Waals surface area contributed by atoms with Gasteiger partial charge in [-0.15, -0.1) is 0 Å². The maximum atomic E-state index is 11.9. The van der Waals surface area contributed by atoms with E-state index in [4.69, 9.17) is 4.52 Å². The molecule has 0 aliphatic rings. The van der Waals surface area contributed by atoms with Crippen LogP contribution in [0, 0.1) is 0 Å². The fourth-order valence-electron chi connectivity index (χ4n) is 2.55. The number of amides is 2. The van der Waals surface area contributed by atoms with Gasteiger partial charge in [0.25, 0.3) is 0 Å². The van der Waals surface area contributed by atoms with Gasteiger partial charge in [-0.1, -0.05) is 72.7 Å². The minimum atomic E-state index is -0.199. The molecule has 0 aliphatic heterocycles. The maximum Gasteiger partial charge on any atom is 0.314 e. The van der Waals surface area contributed by atoms with E-state index in [1.165, 1.54) is 5.56 Å². The molecule has 0 spiro atoms. The number of aromatic nitrogens is 2. The standard InChI is InChI=1S/C20H22N4O2/c1-15(16-8-4-2-5-9-16)14-22-20(25)21-13-12-18-23-19(24-26-18)17-10-6-3-7-11-17/h2-11,15H,12-14H2,1H3,(H2,21,22,25)/t15-/m1/s1. The number of rotatable bonds is 7. The highest BCUT2D eigenvalue weighted by atomic mass is 16.5. The van der Waals surface area contributed by atoms with Gasteiger partial charge >= 0.3 is 6.03 Å². The molecule has 0 saturated heterocycles. The van der Waals surface area contributed by atoms with E-state index in [2.05, 4.69) is 39.8 Å². The Balaban J connectivity index is 1.39. The molecule has 0 unspecified atom stereocenters. The van der Waals surface area contributed by atoms with Crippen LogP contribution in [0.15, 0.2) is 65.2 Å². The molecule has 1 atom stereocenters. The molecule has 0 fully saturated rings. The minimum Gasteiger partial charge on any atom is -0.339 e. The van der Waals surface area contributed by atoms with Crippen LogP contribution in [0.4, 0.5) is 4.79 Å². The molecule has 1 heterocycles. The van der Waals surface area contributed by atoms with Crippen LogP contribution in [0.3, 0.4) is 0 Å². The molecule has 1 aromatic heterocycles. The molecule has 2 N–H and O–H groups in total. The van der Waals surface area contributed by atoms with Gasteiger partial charge in [0.15, 0.2) is 0 Å². The second kappa shape index (κ2) is 8.80. The van der Waals surface area contributed by atoms with Crippen LogP contribution >= 0.6 is 0 Å². The van der Waals surface area contributed by atoms with Crippen molar-refractivity contribution in [3.63, 3.8) is 0 Å². The number of hydrogen-bond donors (Lipinski definition) is 2. The van der Waals surface area contributed by atoms with Crippen molar-refractivity contribution in [2.45, 2.75) is 19.3 Å². The number of nitrogens with one attached hydrogen (secondary N) is 2. The molecule has 2 amide bonds. The Morgan fingerprint density at radius 1 is 1.04 bits per heavy atom. The second-order valence-corrected chi connectivity index (χ2v) is 6.08. The molecule has 26 heavy (non-hydrogen) atoms. The predicted molar refractivity (Wildman–Crippen MR) is 99.7 cm³/mol. The molecule has 0 bridgehead atoms. The van der Waals surface area contributed by atoms with Crippen LogP contribution in [0.1, 0.15) is 24.3 Å². The van der Waals surface area contributed by atoms with E-state index < -0.39 is 0 Å². The molecular weight excluding hydrogens is 328 g/mol. The van der Waals surface area contributed by atoms with Crippen molar-refractivity contribution < 1.29 is 9.32 Å². The Labute approximate surface area is 152 Å². The van der Waals surface area contributed by atoms with Crippen molar-refractivity contribution >= 4 is 6.03 Å². The summed E-state index contributed by atoms with van der Waals surface area (Å²) in [6.07, 6.45) is 0.488. The Morgan fingerprint density at radius 2 is 1.73 bits per heavy atom. The van der Waals surface area contributed by atoms with Gasteiger partial charge in [-0.3, -0.25) is 0 Å². The van der Waals surface area contributed by atoms with Crippen molar-refractivity contribution in [2.24, 2.45) is 0 Å². The van der Waals surface area contributed by atoms with Gasteiger partial charge in [-0.05, 0) is 11.5 Å². The number of carbonyl (C=O) groups is 1. The third kappa shape index (κ3) is 4.92. The van der Waals surface area contributed by atoms with E-state index in [9.17, 15) is 4.79 Å². The Bertz CT molecular complexity index is 818. The van der Waals surface area contributed by atoms with Gasteiger partial charge in [0.2, 0.25) is 11.7 Å². The first kappa shape index (κ1) is 17.7. The van der Waals surface area contributed by atoms with Crippen LogP contribution in [0.25, 0.3) is 11.4 Å². The van der Waals surface area contributed by atoms with Gasteiger partial charge in [-0.25, -0.2) is 4.79 Å². The number of nitrogens with zero attached hydrogens (tertiary/aromatic N) is 2. The van der Waals surface area contributed by atoms with Gasteiger partial charge < -0.3 is 15.2 Å². The summed E-state index contributed by atoms with van der Waals surface area (Å²) in [6, 6.07) is 19.5. The Kier molecular flexibility index (Phi) is 5.98. The molecule has 134 valence electrons. The Morgan fingerprint density at radius 3 is 2.46 bits per heavy atom. The Hall–Kier alpha value is -3.15. The van der Waals surface area contributed by atoms with Crippen LogP contribution in [-0.2, 0) is 6.42 Å². The average Bonchev–Trinajstić information content (AvgIpc) is 3.16. The lowest BCUT2D eigenvalue weighted by Gasteiger charge is -2.13. The van der Waals surface area contributed by atoms with Crippen LogP contribution < -0.4 is 10.6 Å². The molecule has 2 aromatic carbocycles. The molecule has 0 radical (unpaired) electrons. The van der Waals surface area contributed by atoms with E-state index in [-0.39, 0.29) is 11.9 Å². The van der Waals surface area contributed by atoms with Crippen LogP contribution in [0.2, 0.25) is 0 Å². The van der Waals surface area contributed by atoms with E-state index in [1.807, 2.05) is 48.5 Å². The van der Waals surface area contributed by atoms with Crippen molar-refractivity contribution in [3.05, 3.63) is 72.1 Å². The highest BCUT2D eigenvalue weighted by Gasteiger charge is 2.10. The second-order valence-electron chi connectivity index (χ2n) is 6.08. The van der Waals surface area contributed by atoms with Gasteiger partial charge in [-0.2, -0.15) is 4.98 Å². The smallest absolute Gasteiger partial charge is 0.314 e. The third-order valence-corrected chi connectivity index (χ3v) is 4.06.